The Morgan fingerprint density at radius 1 is 1.16 bits per heavy atom. The normalized spacial score (nSPS) is 17.0. The maximum atomic E-state index is 11.1. The number of hydrogen-bond acceptors (Lipinski definition) is 6. The molecule has 1 aliphatic rings. The second-order valence-corrected chi connectivity index (χ2v) is 6.29. The summed E-state index contributed by atoms with van der Waals surface area (Å²) in [6.45, 7) is 2.11. The fourth-order valence-corrected chi connectivity index (χ4v) is 3.19. The lowest BCUT2D eigenvalue weighted by Gasteiger charge is -2.38. The molecular formula is C19H22N2O4. The summed E-state index contributed by atoms with van der Waals surface area (Å²) >= 11 is 0. The summed E-state index contributed by atoms with van der Waals surface area (Å²) < 4.78 is 16.0. The Morgan fingerprint density at radius 3 is 2.32 bits per heavy atom. The summed E-state index contributed by atoms with van der Waals surface area (Å²) in [5, 5.41) is 19.9. The van der Waals surface area contributed by atoms with Gasteiger partial charge in [0.25, 0.3) is 0 Å². The SMILES string of the molecule is COc1cc(OC)cc(C2(O)CCN(Cc3ccc(C#N)o3)CC2)c1. The van der Waals surface area contributed by atoms with Crippen molar-refractivity contribution in [3.63, 3.8) is 0 Å². The maximum Gasteiger partial charge on any atom is 0.203 e. The Hall–Kier alpha value is -2.49. The minimum atomic E-state index is -0.903. The fraction of sp³-hybridized carbons (Fsp3) is 0.421. The average molecular weight is 342 g/mol. The van der Waals surface area contributed by atoms with Gasteiger partial charge in [0.15, 0.2) is 0 Å². The van der Waals surface area contributed by atoms with E-state index in [4.69, 9.17) is 19.2 Å². The number of piperidine rings is 1. The Kier molecular flexibility index (Phi) is 4.98. The molecular weight excluding hydrogens is 320 g/mol. The number of likely N-dealkylation sites (tertiary alicyclic amines) is 1. The predicted molar refractivity (Wildman–Crippen MR) is 91.4 cm³/mol. The van der Waals surface area contributed by atoms with E-state index in [2.05, 4.69) is 4.90 Å². The maximum absolute atomic E-state index is 11.1. The quantitative estimate of drug-likeness (QED) is 0.900. The van der Waals surface area contributed by atoms with Crippen LogP contribution in [-0.4, -0.2) is 37.3 Å². The first kappa shape index (κ1) is 17.3. The first-order chi connectivity index (χ1) is 12.1. The van der Waals surface area contributed by atoms with Crippen LogP contribution in [0.3, 0.4) is 0 Å². The Labute approximate surface area is 147 Å². The van der Waals surface area contributed by atoms with Crippen molar-refractivity contribution in [2.45, 2.75) is 25.0 Å². The molecule has 0 saturated carbocycles. The summed E-state index contributed by atoms with van der Waals surface area (Å²) in [6.07, 6.45) is 1.21. The van der Waals surface area contributed by atoms with Crippen molar-refractivity contribution in [3.05, 3.63) is 47.4 Å². The van der Waals surface area contributed by atoms with Crippen LogP contribution in [0, 0.1) is 11.3 Å². The van der Waals surface area contributed by atoms with Crippen molar-refractivity contribution in [2.24, 2.45) is 0 Å². The molecule has 1 aromatic carbocycles. The smallest absolute Gasteiger partial charge is 0.203 e. The van der Waals surface area contributed by atoms with Gasteiger partial charge >= 0.3 is 0 Å². The summed E-state index contributed by atoms with van der Waals surface area (Å²) in [5.41, 5.74) is -0.0904. The van der Waals surface area contributed by atoms with Gasteiger partial charge in [-0.3, -0.25) is 4.90 Å². The molecule has 1 aliphatic heterocycles. The van der Waals surface area contributed by atoms with Crippen molar-refractivity contribution < 1.29 is 19.0 Å². The molecule has 3 rings (SSSR count). The lowest BCUT2D eigenvalue weighted by molar-refractivity contribution is -0.0291. The van der Waals surface area contributed by atoms with Gasteiger partial charge in [0.2, 0.25) is 5.76 Å². The minimum absolute atomic E-state index is 0.326. The third kappa shape index (κ3) is 3.78. The van der Waals surface area contributed by atoms with E-state index >= 15 is 0 Å². The number of nitriles is 1. The molecule has 0 bridgehead atoms. The van der Waals surface area contributed by atoms with Crippen molar-refractivity contribution in [3.8, 4) is 17.6 Å². The highest BCUT2D eigenvalue weighted by Crippen LogP contribution is 2.37. The number of aliphatic hydroxyl groups is 1. The Bertz CT molecular complexity index is 748. The molecule has 25 heavy (non-hydrogen) atoms. The molecule has 1 aromatic heterocycles. The molecule has 0 atom stereocenters. The van der Waals surface area contributed by atoms with Crippen LogP contribution >= 0.6 is 0 Å². The van der Waals surface area contributed by atoms with Crippen molar-refractivity contribution in [2.75, 3.05) is 27.3 Å². The number of rotatable bonds is 5. The first-order valence-corrected chi connectivity index (χ1v) is 8.23. The highest BCUT2D eigenvalue weighted by atomic mass is 16.5. The average Bonchev–Trinajstić information content (AvgIpc) is 3.11. The van der Waals surface area contributed by atoms with Crippen LogP contribution in [0.5, 0.6) is 11.5 Å². The molecule has 1 saturated heterocycles. The van der Waals surface area contributed by atoms with Gasteiger partial charge in [-0.25, -0.2) is 0 Å². The molecule has 0 aliphatic carbocycles. The number of furan rings is 1. The van der Waals surface area contributed by atoms with Crippen LogP contribution in [0.25, 0.3) is 0 Å². The molecule has 0 amide bonds. The zero-order chi connectivity index (χ0) is 17.9. The zero-order valence-electron chi connectivity index (χ0n) is 14.5. The number of benzene rings is 1. The summed E-state index contributed by atoms with van der Waals surface area (Å²) in [5.74, 6) is 2.44. The topological polar surface area (TPSA) is 78.9 Å². The summed E-state index contributed by atoms with van der Waals surface area (Å²) in [6, 6.07) is 11.0. The van der Waals surface area contributed by atoms with Gasteiger partial charge < -0.3 is 19.0 Å². The highest BCUT2D eigenvalue weighted by molar-refractivity contribution is 5.41. The van der Waals surface area contributed by atoms with E-state index in [9.17, 15) is 5.11 Å². The van der Waals surface area contributed by atoms with Gasteiger partial charge in [0.05, 0.1) is 26.4 Å². The van der Waals surface area contributed by atoms with Crippen LogP contribution in [0.1, 0.15) is 29.9 Å². The molecule has 2 aromatic rings. The van der Waals surface area contributed by atoms with Crippen molar-refractivity contribution in [1.82, 2.24) is 4.90 Å². The number of hydrogen-bond donors (Lipinski definition) is 1. The van der Waals surface area contributed by atoms with Gasteiger partial charge in [-0.1, -0.05) is 0 Å². The van der Waals surface area contributed by atoms with Gasteiger partial charge in [0, 0.05) is 19.2 Å². The largest absolute Gasteiger partial charge is 0.497 e. The lowest BCUT2D eigenvalue weighted by Crippen LogP contribution is -2.42. The van der Waals surface area contributed by atoms with Gasteiger partial charge in [-0.15, -0.1) is 0 Å². The van der Waals surface area contributed by atoms with Crippen LogP contribution < -0.4 is 9.47 Å². The van der Waals surface area contributed by atoms with E-state index in [-0.39, 0.29) is 0 Å². The van der Waals surface area contributed by atoms with Crippen LogP contribution in [0.15, 0.2) is 34.7 Å². The molecule has 6 heteroatoms. The zero-order valence-corrected chi connectivity index (χ0v) is 14.5. The van der Waals surface area contributed by atoms with E-state index in [0.29, 0.717) is 36.6 Å². The van der Waals surface area contributed by atoms with E-state index < -0.39 is 5.60 Å². The number of methoxy groups -OCH3 is 2. The molecule has 6 nitrogen and oxygen atoms in total. The third-order valence-electron chi connectivity index (χ3n) is 4.72. The standard InChI is InChI=1S/C19H22N2O4/c1-23-17-9-14(10-18(11-17)24-2)19(22)5-7-21(8-6-19)13-16-4-3-15(12-20)25-16/h3-4,9-11,22H,5-8,13H2,1-2H3. The number of ether oxygens (including phenoxy) is 2. The molecule has 0 spiro atoms. The third-order valence-corrected chi connectivity index (χ3v) is 4.72. The molecule has 0 unspecified atom stereocenters. The Morgan fingerprint density at radius 2 is 1.80 bits per heavy atom. The number of nitrogens with zero attached hydrogens (tertiary/aromatic N) is 2. The van der Waals surface area contributed by atoms with Crippen molar-refractivity contribution >= 4 is 0 Å². The van der Waals surface area contributed by atoms with E-state index in [0.717, 1.165) is 24.4 Å². The highest BCUT2D eigenvalue weighted by Gasteiger charge is 2.35. The molecule has 132 valence electrons. The second kappa shape index (κ2) is 7.18. The molecule has 1 N–H and O–H groups in total. The predicted octanol–water partition coefficient (Wildman–Crippen LogP) is 2.65. The van der Waals surface area contributed by atoms with Gasteiger partial charge in [-0.2, -0.15) is 5.26 Å². The molecule has 1 fully saturated rings. The van der Waals surface area contributed by atoms with E-state index in [1.807, 2.05) is 24.3 Å². The van der Waals surface area contributed by atoms with Crippen molar-refractivity contribution in [1.29, 1.82) is 5.26 Å². The van der Waals surface area contributed by atoms with E-state index in [1.54, 1.807) is 26.4 Å². The molecule has 0 radical (unpaired) electrons. The summed E-state index contributed by atoms with van der Waals surface area (Å²) in [4.78, 5) is 2.21. The Balaban J connectivity index is 1.69. The second-order valence-electron chi connectivity index (χ2n) is 6.29. The van der Waals surface area contributed by atoms with E-state index in [1.165, 1.54) is 0 Å². The van der Waals surface area contributed by atoms with Gasteiger partial charge in [-0.05, 0) is 42.7 Å². The van der Waals surface area contributed by atoms with Gasteiger partial charge in [0.1, 0.15) is 23.3 Å². The summed E-state index contributed by atoms with van der Waals surface area (Å²) in [7, 11) is 3.20. The fourth-order valence-electron chi connectivity index (χ4n) is 3.19. The molecule has 2 heterocycles. The minimum Gasteiger partial charge on any atom is -0.497 e. The monoisotopic (exact) mass is 342 g/mol. The lowest BCUT2D eigenvalue weighted by atomic mass is 9.84. The van der Waals surface area contributed by atoms with Crippen LogP contribution in [0.2, 0.25) is 0 Å². The van der Waals surface area contributed by atoms with Crippen LogP contribution in [0.4, 0.5) is 0 Å². The first-order valence-electron chi connectivity index (χ1n) is 8.23. The van der Waals surface area contributed by atoms with Crippen LogP contribution in [-0.2, 0) is 12.1 Å².